The van der Waals surface area contributed by atoms with Crippen molar-refractivity contribution >= 4 is 0 Å². The largest absolute Gasteiger partial charge is 0.395 e. The van der Waals surface area contributed by atoms with E-state index in [1.54, 1.807) is 0 Å². The summed E-state index contributed by atoms with van der Waals surface area (Å²) < 4.78 is 0. The van der Waals surface area contributed by atoms with Gasteiger partial charge in [-0.3, -0.25) is 0 Å². The Kier molecular flexibility index (Phi) is 3.72. The van der Waals surface area contributed by atoms with Crippen molar-refractivity contribution in [2.24, 2.45) is 0 Å². The monoisotopic (exact) mass is 144 g/mol. The summed E-state index contributed by atoms with van der Waals surface area (Å²) in [5.74, 6) is 0. The fourth-order valence-corrected chi connectivity index (χ4v) is 1.29. The summed E-state index contributed by atoms with van der Waals surface area (Å²) in [5.41, 5.74) is 0. The van der Waals surface area contributed by atoms with Crippen molar-refractivity contribution in [3.05, 3.63) is 0 Å². The summed E-state index contributed by atoms with van der Waals surface area (Å²) in [7, 11) is 0. The van der Waals surface area contributed by atoms with Crippen molar-refractivity contribution in [1.29, 1.82) is 0 Å². The number of nitrogens with one attached hydrogen (secondary N) is 2. The van der Waals surface area contributed by atoms with Gasteiger partial charge in [-0.15, -0.1) is 0 Å². The van der Waals surface area contributed by atoms with Crippen LogP contribution in [0.2, 0.25) is 0 Å². The zero-order valence-electron chi connectivity index (χ0n) is 6.27. The highest BCUT2D eigenvalue weighted by atomic mass is 16.3. The maximum atomic E-state index is 8.52. The van der Waals surface area contributed by atoms with Crippen LogP contribution in [0.15, 0.2) is 0 Å². The molecule has 0 aromatic heterocycles. The van der Waals surface area contributed by atoms with Gasteiger partial charge in [0.1, 0.15) is 0 Å². The predicted octanol–water partition coefficient (Wildman–Crippen LogP) is -0.680. The van der Waals surface area contributed by atoms with Crippen molar-refractivity contribution in [1.82, 2.24) is 10.6 Å². The van der Waals surface area contributed by atoms with E-state index in [4.69, 9.17) is 5.11 Å². The number of rotatable bonds is 3. The van der Waals surface area contributed by atoms with Gasteiger partial charge >= 0.3 is 0 Å². The van der Waals surface area contributed by atoms with E-state index < -0.39 is 0 Å². The summed E-state index contributed by atoms with van der Waals surface area (Å²) in [5, 5.41) is 15.1. The van der Waals surface area contributed by atoms with Crippen LogP contribution in [-0.2, 0) is 0 Å². The molecule has 0 aromatic carbocycles. The average Bonchev–Trinajstić information content (AvgIpc) is 2.03. The molecule has 1 heterocycles. The van der Waals surface area contributed by atoms with Gasteiger partial charge in [0.25, 0.3) is 0 Å². The Hall–Kier alpha value is -0.120. The molecule has 0 spiro atoms. The van der Waals surface area contributed by atoms with Crippen LogP contribution in [0.1, 0.15) is 12.8 Å². The van der Waals surface area contributed by atoms with E-state index in [-0.39, 0.29) is 6.61 Å². The van der Waals surface area contributed by atoms with Gasteiger partial charge in [0.15, 0.2) is 0 Å². The number of aliphatic hydroxyl groups is 1. The van der Waals surface area contributed by atoms with Crippen LogP contribution in [0.4, 0.5) is 0 Å². The quantitative estimate of drug-likeness (QED) is 0.492. The van der Waals surface area contributed by atoms with Gasteiger partial charge in [0, 0.05) is 12.6 Å². The molecule has 0 bridgehead atoms. The first-order valence-electron chi connectivity index (χ1n) is 3.98. The topological polar surface area (TPSA) is 44.3 Å². The second-order valence-electron chi connectivity index (χ2n) is 2.70. The Labute approximate surface area is 61.8 Å². The van der Waals surface area contributed by atoms with Gasteiger partial charge in [-0.1, -0.05) is 0 Å². The fraction of sp³-hybridized carbons (Fsp3) is 1.00. The molecule has 1 aliphatic heterocycles. The highest BCUT2D eigenvalue weighted by molar-refractivity contribution is 4.73. The Morgan fingerprint density at radius 2 is 2.10 bits per heavy atom. The Morgan fingerprint density at radius 3 is 2.70 bits per heavy atom. The highest BCUT2D eigenvalue weighted by Crippen LogP contribution is 2.00. The number of hydrogen-bond donors (Lipinski definition) is 3. The molecule has 0 aromatic rings. The van der Waals surface area contributed by atoms with Gasteiger partial charge in [-0.05, 0) is 25.9 Å². The molecule has 0 unspecified atom stereocenters. The van der Waals surface area contributed by atoms with Crippen LogP contribution in [0.3, 0.4) is 0 Å². The molecule has 1 aliphatic rings. The normalized spacial score (nSPS) is 21.3. The second kappa shape index (κ2) is 4.66. The van der Waals surface area contributed by atoms with E-state index in [1.807, 2.05) is 0 Å². The van der Waals surface area contributed by atoms with E-state index in [0.29, 0.717) is 6.04 Å². The molecule has 0 atom stereocenters. The van der Waals surface area contributed by atoms with Crippen molar-refractivity contribution in [2.75, 3.05) is 26.2 Å². The minimum atomic E-state index is 0.254. The van der Waals surface area contributed by atoms with Crippen molar-refractivity contribution < 1.29 is 5.11 Å². The molecule has 1 fully saturated rings. The zero-order valence-corrected chi connectivity index (χ0v) is 6.27. The SMILES string of the molecule is OCCNC1CCNCC1. The van der Waals surface area contributed by atoms with Crippen LogP contribution in [-0.4, -0.2) is 37.4 Å². The number of piperidine rings is 1. The first-order valence-corrected chi connectivity index (χ1v) is 3.98. The summed E-state index contributed by atoms with van der Waals surface area (Å²) in [6.45, 7) is 3.22. The molecular weight excluding hydrogens is 128 g/mol. The predicted molar refractivity (Wildman–Crippen MR) is 41.0 cm³/mol. The molecule has 3 heteroatoms. The Balaban J connectivity index is 2.02. The van der Waals surface area contributed by atoms with Gasteiger partial charge in [0.2, 0.25) is 0 Å². The summed E-state index contributed by atoms with van der Waals surface area (Å²) in [4.78, 5) is 0. The molecule has 1 rings (SSSR count). The van der Waals surface area contributed by atoms with E-state index in [0.717, 1.165) is 19.6 Å². The minimum Gasteiger partial charge on any atom is -0.395 e. The standard InChI is InChI=1S/C7H16N2O/c10-6-5-9-7-1-3-8-4-2-7/h7-10H,1-6H2. The lowest BCUT2D eigenvalue weighted by Gasteiger charge is -2.23. The molecule has 10 heavy (non-hydrogen) atoms. The molecule has 0 saturated carbocycles. The third-order valence-electron chi connectivity index (χ3n) is 1.88. The number of aliphatic hydroxyl groups excluding tert-OH is 1. The fourth-order valence-electron chi connectivity index (χ4n) is 1.29. The lowest BCUT2D eigenvalue weighted by Crippen LogP contribution is -2.40. The summed E-state index contributed by atoms with van der Waals surface area (Å²) >= 11 is 0. The van der Waals surface area contributed by atoms with Crippen LogP contribution < -0.4 is 10.6 Å². The molecule has 60 valence electrons. The first kappa shape index (κ1) is 7.98. The van der Waals surface area contributed by atoms with E-state index in [2.05, 4.69) is 10.6 Å². The molecular formula is C7H16N2O. The zero-order chi connectivity index (χ0) is 7.23. The lowest BCUT2D eigenvalue weighted by molar-refractivity contribution is 0.274. The van der Waals surface area contributed by atoms with Crippen molar-refractivity contribution in [3.8, 4) is 0 Å². The maximum absolute atomic E-state index is 8.52. The van der Waals surface area contributed by atoms with Crippen molar-refractivity contribution in [2.45, 2.75) is 18.9 Å². The molecule has 3 N–H and O–H groups in total. The van der Waals surface area contributed by atoms with Gasteiger partial charge in [-0.2, -0.15) is 0 Å². The smallest absolute Gasteiger partial charge is 0.0556 e. The number of hydrogen-bond acceptors (Lipinski definition) is 3. The molecule has 0 amide bonds. The Morgan fingerprint density at radius 1 is 1.40 bits per heavy atom. The van der Waals surface area contributed by atoms with Crippen LogP contribution in [0.5, 0.6) is 0 Å². The van der Waals surface area contributed by atoms with Crippen LogP contribution in [0.25, 0.3) is 0 Å². The lowest BCUT2D eigenvalue weighted by atomic mass is 10.1. The average molecular weight is 144 g/mol. The van der Waals surface area contributed by atoms with Gasteiger partial charge in [0.05, 0.1) is 6.61 Å². The van der Waals surface area contributed by atoms with Crippen LogP contribution in [0, 0.1) is 0 Å². The first-order chi connectivity index (χ1) is 4.93. The second-order valence-corrected chi connectivity index (χ2v) is 2.70. The summed E-state index contributed by atoms with van der Waals surface area (Å²) in [6.07, 6.45) is 2.39. The van der Waals surface area contributed by atoms with Crippen LogP contribution >= 0.6 is 0 Å². The van der Waals surface area contributed by atoms with Gasteiger partial charge in [-0.25, -0.2) is 0 Å². The van der Waals surface area contributed by atoms with Gasteiger partial charge < -0.3 is 15.7 Å². The Bertz CT molecular complexity index is 81.7. The highest BCUT2D eigenvalue weighted by Gasteiger charge is 2.10. The van der Waals surface area contributed by atoms with E-state index in [1.165, 1.54) is 12.8 Å². The maximum Gasteiger partial charge on any atom is 0.0556 e. The third kappa shape index (κ3) is 2.64. The summed E-state index contributed by atoms with van der Waals surface area (Å²) in [6, 6.07) is 0.633. The van der Waals surface area contributed by atoms with Crippen molar-refractivity contribution in [3.63, 3.8) is 0 Å². The van der Waals surface area contributed by atoms with E-state index >= 15 is 0 Å². The molecule has 0 aliphatic carbocycles. The molecule has 3 nitrogen and oxygen atoms in total. The molecule has 1 saturated heterocycles. The minimum absolute atomic E-state index is 0.254. The third-order valence-corrected chi connectivity index (χ3v) is 1.88. The molecule has 0 radical (unpaired) electrons. The van der Waals surface area contributed by atoms with E-state index in [9.17, 15) is 0 Å².